The Balaban J connectivity index is 0.000000640. The van der Waals surface area contributed by atoms with Gasteiger partial charge < -0.3 is 17.0 Å². The van der Waals surface area contributed by atoms with Crippen LogP contribution in [0.15, 0.2) is 0 Å². The summed E-state index contributed by atoms with van der Waals surface area (Å²) in [6.45, 7) is 4.05. The van der Waals surface area contributed by atoms with Crippen molar-refractivity contribution in [3.05, 3.63) is 0 Å². The third-order valence-electron chi connectivity index (χ3n) is 1.67. The fourth-order valence-corrected chi connectivity index (χ4v) is 1.68. The molecule has 0 aromatic rings. The van der Waals surface area contributed by atoms with Gasteiger partial charge in [-0.25, -0.2) is 0 Å². The van der Waals surface area contributed by atoms with E-state index in [2.05, 4.69) is 14.1 Å². The highest BCUT2D eigenvalue weighted by Crippen LogP contribution is 2.06. The highest BCUT2D eigenvalue weighted by Gasteiger charge is 2.09. The highest BCUT2D eigenvalue weighted by molar-refractivity contribution is 7.16. The van der Waals surface area contributed by atoms with Crippen molar-refractivity contribution in [3.8, 4) is 0 Å². The summed E-state index contributed by atoms with van der Waals surface area (Å²) >= 11 is 0. The number of hydrogen-bond acceptors (Lipinski definition) is 1. The second-order valence-electron chi connectivity index (χ2n) is 2.40. The van der Waals surface area contributed by atoms with Gasteiger partial charge in [0, 0.05) is 6.54 Å². The summed E-state index contributed by atoms with van der Waals surface area (Å²) in [6, 6.07) is 0. The lowest BCUT2D eigenvalue weighted by Crippen LogP contribution is -3.00. The van der Waals surface area contributed by atoms with Gasteiger partial charge in [-0.1, -0.05) is 0 Å². The molecule has 0 N–H and O–H groups in total. The van der Waals surface area contributed by atoms with E-state index in [4.69, 9.17) is 0 Å². The van der Waals surface area contributed by atoms with E-state index < -0.39 is 0 Å². The maximum Gasteiger partial charge on any atom is 0.0653 e. The summed E-state index contributed by atoms with van der Waals surface area (Å²) in [6.07, 6.45) is 4.21. The second-order valence-corrected chi connectivity index (χ2v) is 3.11. The Labute approximate surface area is 70.2 Å². The number of rotatable bonds is 2. The first kappa shape index (κ1) is 9.87. The molecule has 0 aromatic heterocycles. The van der Waals surface area contributed by atoms with Crippen molar-refractivity contribution in [3.63, 3.8) is 0 Å². The third-order valence-corrected chi connectivity index (χ3v) is 1.99. The van der Waals surface area contributed by atoms with Crippen LogP contribution >= 0.6 is 9.24 Å². The Hall–Kier alpha value is 0.870. The average molecular weight is 212 g/mol. The van der Waals surface area contributed by atoms with Crippen LogP contribution in [0.1, 0.15) is 12.8 Å². The van der Waals surface area contributed by atoms with E-state index in [1.165, 1.54) is 38.6 Å². The molecule has 1 saturated heterocycles. The van der Waals surface area contributed by atoms with Crippen molar-refractivity contribution in [2.45, 2.75) is 12.8 Å². The first-order valence-corrected chi connectivity index (χ1v) is 4.45. The summed E-state index contributed by atoms with van der Waals surface area (Å²) in [5, 5.41) is 0. The van der Waals surface area contributed by atoms with Gasteiger partial charge in [-0.2, -0.15) is 0 Å². The van der Waals surface area contributed by atoms with Crippen molar-refractivity contribution >= 4 is 9.24 Å². The van der Waals surface area contributed by atoms with Crippen LogP contribution in [0.3, 0.4) is 0 Å². The van der Waals surface area contributed by atoms with Gasteiger partial charge in [0.05, 0.1) is 6.16 Å². The van der Waals surface area contributed by atoms with Gasteiger partial charge in [0.2, 0.25) is 0 Å². The van der Waals surface area contributed by atoms with Gasteiger partial charge in [0.1, 0.15) is 0 Å². The lowest BCUT2D eigenvalue weighted by molar-refractivity contribution is -0.00000163. The molecule has 1 heterocycles. The smallest absolute Gasteiger partial charge is 0.0653 e. The first-order chi connectivity index (χ1) is 3.93. The lowest BCUT2D eigenvalue weighted by Gasteiger charge is -2.09. The van der Waals surface area contributed by atoms with Crippen LogP contribution < -0.4 is 17.0 Å². The molecule has 1 rings (SSSR count). The van der Waals surface area contributed by atoms with E-state index in [-0.39, 0.29) is 17.0 Å². The van der Waals surface area contributed by atoms with Crippen molar-refractivity contribution in [1.29, 1.82) is 0 Å². The Morgan fingerprint density at radius 3 is 2.22 bits per heavy atom. The number of nitrogens with zero attached hydrogens (tertiary/aromatic N) is 1. The summed E-state index contributed by atoms with van der Waals surface area (Å²) in [5.74, 6) is 0. The average Bonchev–Trinajstić information content (AvgIpc) is 2.19. The van der Waals surface area contributed by atoms with Crippen LogP contribution in [-0.2, 0) is 0 Å². The van der Waals surface area contributed by atoms with Crippen LogP contribution in [0.5, 0.6) is 0 Å². The monoisotopic (exact) mass is 211 g/mol. The molecule has 56 valence electrons. The topological polar surface area (TPSA) is 3.24 Å². The Morgan fingerprint density at radius 1 is 1.22 bits per heavy atom. The minimum absolute atomic E-state index is 0. The molecule has 0 radical (unpaired) electrons. The molecule has 1 fully saturated rings. The van der Waals surface area contributed by atoms with E-state index >= 15 is 0 Å². The first-order valence-electron chi connectivity index (χ1n) is 3.45. The zero-order valence-corrected chi connectivity index (χ0v) is 8.78. The summed E-state index contributed by atoms with van der Waals surface area (Å²) in [7, 11) is 2.08. The van der Waals surface area contributed by atoms with Gasteiger partial charge in [-0.05, 0) is 35.2 Å². The lowest BCUT2D eigenvalue weighted by atomic mass is 10.4. The van der Waals surface area contributed by atoms with E-state index in [1.807, 2.05) is 0 Å². The molecule has 1 aliphatic heterocycles. The fraction of sp³-hybridized carbons (Fsp3) is 1.00. The van der Waals surface area contributed by atoms with Crippen molar-refractivity contribution < 1.29 is 17.0 Å². The Bertz CT molecular complexity index is 64.1. The van der Waals surface area contributed by atoms with Crippen LogP contribution in [-0.4, -0.2) is 30.7 Å². The summed E-state index contributed by atoms with van der Waals surface area (Å²) in [5.41, 5.74) is 0. The summed E-state index contributed by atoms with van der Waals surface area (Å²) in [4.78, 5) is 2.55. The number of hydrogen-bond donors (Lipinski definition) is 0. The van der Waals surface area contributed by atoms with Crippen molar-refractivity contribution in [2.75, 3.05) is 25.8 Å². The van der Waals surface area contributed by atoms with Crippen molar-refractivity contribution in [1.82, 2.24) is 4.90 Å². The van der Waals surface area contributed by atoms with E-state index in [0.717, 1.165) is 0 Å². The molecule has 0 aromatic carbocycles. The molecular weight excluding hydrogens is 197 g/mol. The largest absolute Gasteiger partial charge is 1.00 e. The molecular formula is C6H15BrNP. The van der Waals surface area contributed by atoms with Crippen LogP contribution in [0.25, 0.3) is 0 Å². The molecule has 1 aliphatic rings. The van der Waals surface area contributed by atoms with Crippen LogP contribution in [0, 0.1) is 0 Å². The molecule has 0 spiro atoms. The quantitative estimate of drug-likeness (QED) is 0.465. The molecule has 9 heavy (non-hydrogen) atoms. The van der Waals surface area contributed by atoms with Crippen LogP contribution in [0.2, 0.25) is 0 Å². The zero-order valence-electron chi connectivity index (χ0n) is 5.77. The van der Waals surface area contributed by atoms with Gasteiger partial charge in [0.15, 0.2) is 0 Å². The van der Waals surface area contributed by atoms with Gasteiger partial charge in [-0.3, -0.25) is 4.90 Å². The maximum atomic E-state index is 2.55. The highest BCUT2D eigenvalue weighted by atomic mass is 79.9. The minimum atomic E-state index is 0. The van der Waals surface area contributed by atoms with E-state index in [0.29, 0.717) is 0 Å². The van der Waals surface area contributed by atoms with Gasteiger partial charge >= 0.3 is 0 Å². The molecule has 0 amide bonds. The van der Waals surface area contributed by atoms with Crippen LogP contribution in [0.4, 0.5) is 0 Å². The number of halogens is 1. The normalized spacial score (nSPS) is 20.0. The second kappa shape index (κ2) is 5.64. The fourth-order valence-electron chi connectivity index (χ4n) is 1.23. The standard InChI is InChI=1S/C6H14NP.BrH/c8-6-5-7-3-1-2-4-7;/h1-6,8H2;1H. The summed E-state index contributed by atoms with van der Waals surface area (Å²) < 4.78 is 0. The Morgan fingerprint density at radius 2 is 1.78 bits per heavy atom. The molecule has 1 atom stereocenters. The maximum absolute atomic E-state index is 2.55. The minimum Gasteiger partial charge on any atom is -1.00 e. The molecule has 0 aliphatic carbocycles. The molecule has 0 bridgehead atoms. The van der Waals surface area contributed by atoms with E-state index in [9.17, 15) is 0 Å². The van der Waals surface area contributed by atoms with Crippen molar-refractivity contribution in [2.24, 2.45) is 0 Å². The predicted octanol–water partition coefficient (Wildman–Crippen LogP) is -2.31. The molecule has 1 unspecified atom stereocenters. The SMILES string of the molecule is [Br-].[PH3+]CCN1CCCC1. The van der Waals surface area contributed by atoms with Gasteiger partial charge in [0.25, 0.3) is 0 Å². The third kappa shape index (κ3) is 3.54. The zero-order chi connectivity index (χ0) is 5.82. The molecule has 0 saturated carbocycles. The molecule has 1 nitrogen and oxygen atoms in total. The Kier molecular flexibility index (Phi) is 6.18. The van der Waals surface area contributed by atoms with Gasteiger partial charge in [-0.15, -0.1) is 0 Å². The molecule has 3 heteroatoms. The predicted molar refractivity (Wildman–Crippen MR) is 41.6 cm³/mol. The van der Waals surface area contributed by atoms with E-state index in [1.54, 1.807) is 0 Å². The number of likely N-dealkylation sites (tertiary alicyclic amines) is 1.